The summed E-state index contributed by atoms with van der Waals surface area (Å²) in [6.45, 7) is 71.9. The molecule has 15 saturated heterocycles. The minimum absolute atomic E-state index is 0.0401. The van der Waals surface area contributed by atoms with E-state index in [1.54, 1.807) is 4.90 Å². The zero-order chi connectivity index (χ0) is 98.5. The largest absolute Gasteiger partial charge is 0.449 e. The number of ether oxygens (including phenoxy) is 6. The molecule has 133 heavy (non-hydrogen) atoms. The molecule has 16 fully saturated rings. The molecular weight excluding hydrogens is 1670 g/mol. The van der Waals surface area contributed by atoms with Crippen molar-refractivity contribution in [2.45, 2.75) is 498 Å². The van der Waals surface area contributed by atoms with Gasteiger partial charge in [-0.3, -0.25) is 4.79 Å². The third-order valence-electron chi connectivity index (χ3n) is 34.8. The molecule has 0 aromatic rings. The lowest BCUT2D eigenvalue weighted by Gasteiger charge is -2.45. The molecule has 0 radical (unpaired) electrons. The van der Waals surface area contributed by atoms with Crippen molar-refractivity contribution in [1.82, 2.24) is 39.2 Å². The molecule has 16 aliphatic rings. The number of nitrogens with zero attached hydrogens (tertiary/aromatic N) is 8. The number of urea groups is 1. The van der Waals surface area contributed by atoms with Crippen LogP contribution in [0.25, 0.3) is 0 Å². The van der Waals surface area contributed by atoms with Gasteiger partial charge in [-0.15, -0.1) is 0 Å². The predicted octanol–water partition coefficient (Wildman–Crippen LogP) is 26.7. The summed E-state index contributed by atoms with van der Waals surface area (Å²) in [4.78, 5) is 103. The predicted molar refractivity (Wildman–Crippen MR) is 537 cm³/mol. The number of hydrogen-bond donors (Lipinski definition) is 0. The fourth-order valence-electron chi connectivity index (χ4n) is 25.7. The van der Waals surface area contributed by atoms with E-state index in [1.807, 2.05) is 33.7 Å². The molecule has 0 spiro atoms. The zero-order valence-corrected chi connectivity index (χ0v) is 91.0. The second-order valence-electron chi connectivity index (χ2n) is 55.3. The third-order valence-corrected chi connectivity index (χ3v) is 34.8. The number of piperidine rings is 7. The number of fused-ring (bicyclic) bond motifs is 14. The van der Waals surface area contributed by atoms with Gasteiger partial charge in [0, 0.05) is 117 Å². The standard InChI is InChI=1S/C17H29NO3.C17H31NO2.3C16H29NO2.C16H27NO.C14H26N2O/c1-17(2,3)13-8-14-4-5-15(9-13)18(14)16(19)21-11-12-6-7-20-10-12;1-16(2,3)11-20-15(19)18-13-7-8-14(18)10-12(9-13)17(4,5)6;3*1-11(2)10-19-15(18)17-13-6-7-14(17)9-12(8-13)16(3,4)5;1-16(2,3)12-9-13-7-8-14(10-12)17(13)15(18)11-5-4-6-11;1-14(2,3)10-8-11-6-7-12(9-10)16(11)13(17)15(4)5/h12-15H,4-11H2,1-3H3;12-14H,7-11H2,1-6H3;3*11-14H,6-10H2,1-5H3;11-14H,4-10H2,1-3H3;10-12H,6-9H2,1-5H3. The summed E-state index contributed by atoms with van der Waals surface area (Å²) < 4.78 is 32.7. The molecule has 15 aliphatic heterocycles. The van der Waals surface area contributed by atoms with Crippen LogP contribution < -0.4 is 0 Å². The maximum atomic E-state index is 12.5. The van der Waals surface area contributed by atoms with Crippen molar-refractivity contribution in [1.29, 1.82) is 0 Å². The van der Waals surface area contributed by atoms with Crippen LogP contribution in [0, 0.1) is 114 Å². The summed E-state index contributed by atoms with van der Waals surface area (Å²) in [7, 11) is 3.72. The van der Waals surface area contributed by atoms with Crippen LogP contribution in [0.4, 0.5) is 28.8 Å². The van der Waals surface area contributed by atoms with Crippen molar-refractivity contribution in [2.75, 3.05) is 60.3 Å². The van der Waals surface area contributed by atoms with Crippen LogP contribution in [0.15, 0.2) is 0 Å². The van der Waals surface area contributed by atoms with Crippen LogP contribution in [0.3, 0.4) is 0 Å². The van der Waals surface area contributed by atoms with E-state index in [2.05, 4.69) is 222 Å². The van der Waals surface area contributed by atoms with Gasteiger partial charge in [0.2, 0.25) is 5.91 Å². The van der Waals surface area contributed by atoms with E-state index in [0.29, 0.717) is 191 Å². The lowest BCUT2D eigenvalue weighted by atomic mass is 9.72. The first-order valence-electron chi connectivity index (χ1n) is 54.3. The molecule has 1 saturated carbocycles. The van der Waals surface area contributed by atoms with Crippen molar-refractivity contribution in [3.63, 3.8) is 0 Å². The number of carbonyl (C=O) groups excluding carboxylic acids is 7. The average molecular weight is 1870 g/mol. The van der Waals surface area contributed by atoms with Gasteiger partial charge >= 0.3 is 36.5 Å². The zero-order valence-electron chi connectivity index (χ0n) is 91.0. The first-order valence-corrected chi connectivity index (χ1v) is 54.3. The molecule has 14 bridgehead atoms. The van der Waals surface area contributed by atoms with E-state index < -0.39 is 0 Å². The van der Waals surface area contributed by atoms with E-state index in [1.165, 1.54) is 57.8 Å². The second-order valence-corrected chi connectivity index (χ2v) is 55.3. The molecule has 8 amide bonds. The van der Waals surface area contributed by atoms with E-state index in [9.17, 15) is 33.6 Å². The Morgan fingerprint density at radius 1 is 0.286 bits per heavy atom. The summed E-state index contributed by atoms with van der Waals surface area (Å²) >= 11 is 0. The summed E-state index contributed by atoms with van der Waals surface area (Å²) in [6.07, 6.45) is 37.1. The summed E-state index contributed by atoms with van der Waals surface area (Å²) in [6, 6.07) is 6.48. The third kappa shape index (κ3) is 29.6. The van der Waals surface area contributed by atoms with E-state index in [4.69, 9.17) is 28.4 Å². The lowest BCUT2D eigenvalue weighted by Crippen LogP contribution is -2.51. The SMILES string of the molecule is CC(C)(C)C1CC2CCC(C1)N2C(=O)C1CCC1.CC(C)(C)C1CC2CCC(C1)N2C(=O)OCC1CCOC1.CC(C)(C)COC(=O)N1C2CCC1CC(C(C)(C)C)C2.CC(C)COC(=O)N1C2CCC1CC(C(C)(C)C)C2.CC(C)COC(=O)N1C2CCC1CC(C(C)(C)C)C2.CC(C)COC(=O)N1C2CCC1CC(C(C)(C)C)C2.CN(C)C(=O)N1C2CCC1CC(C(C)(C)C)C2. The molecular formula is C112H200N8O13. The van der Waals surface area contributed by atoms with Gasteiger partial charge < -0.3 is 67.6 Å². The first kappa shape index (κ1) is 110. The fourth-order valence-corrected chi connectivity index (χ4v) is 25.7. The molecule has 21 nitrogen and oxygen atoms in total. The number of carbonyl (C=O) groups is 7. The van der Waals surface area contributed by atoms with E-state index >= 15 is 0 Å². The molecule has 0 aromatic heterocycles. The Morgan fingerprint density at radius 2 is 0.496 bits per heavy atom. The van der Waals surface area contributed by atoms with Crippen molar-refractivity contribution in [3.8, 4) is 0 Å². The Bertz CT molecular complexity index is 3470. The lowest BCUT2D eigenvalue weighted by molar-refractivity contribution is -0.144. The minimum Gasteiger partial charge on any atom is -0.449 e. The first-order chi connectivity index (χ1) is 61.7. The van der Waals surface area contributed by atoms with Gasteiger partial charge in [-0.05, 0) is 302 Å². The highest BCUT2D eigenvalue weighted by atomic mass is 16.6. The average Bonchev–Trinajstić information content (AvgIpc) is 1.61. The normalized spacial score (nSPS) is 32.6. The Labute approximate surface area is 811 Å². The van der Waals surface area contributed by atoms with Gasteiger partial charge in [-0.1, -0.05) is 214 Å². The molecule has 16 rings (SSSR count). The maximum Gasteiger partial charge on any atom is 0.410 e. The second kappa shape index (κ2) is 45.3. The molecule has 1 aliphatic carbocycles. The van der Waals surface area contributed by atoms with Crippen LogP contribution in [-0.4, -0.2) is 227 Å². The van der Waals surface area contributed by atoms with Gasteiger partial charge in [0.1, 0.15) is 0 Å². The highest BCUT2D eigenvalue weighted by molar-refractivity contribution is 5.81. The Kier molecular flexibility index (Phi) is 37.5. The van der Waals surface area contributed by atoms with E-state index in [0.717, 1.165) is 202 Å². The molecule has 15 atom stereocenters. The smallest absolute Gasteiger partial charge is 0.410 e. The van der Waals surface area contributed by atoms with Gasteiger partial charge in [0.15, 0.2) is 0 Å². The molecule has 15 heterocycles. The van der Waals surface area contributed by atoms with Crippen molar-refractivity contribution in [3.05, 3.63) is 0 Å². The Hall–Kier alpha value is -4.95. The minimum atomic E-state index is -0.0835. The van der Waals surface area contributed by atoms with Crippen LogP contribution in [-0.2, 0) is 33.2 Å². The number of amides is 8. The van der Waals surface area contributed by atoms with Crippen molar-refractivity contribution >= 4 is 42.4 Å². The fraction of sp³-hybridized carbons (Fsp3) is 0.938. The topological polar surface area (TPSA) is 201 Å². The maximum absolute atomic E-state index is 12.5. The van der Waals surface area contributed by atoms with Gasteiger partial charge in [0.25, 0.3) is 0 Å². The van der Waals surface area contributed by atoms with Crippen molar-refractivity contribution < 1.29 is 62.0 Å². The summed E-state index contributed by atoms with van der Waals surface area (Å²) in [5.74, 6) is 7.76. The van der Waals surface area contributed by atoms with Crippen LogP contribution in [0.1, 0.15) is 413 Å². The monoisotopic (exact) mass is 1870 g/mol. The van der Waals surface area contributed by atoms with Crippen LogP contribution in [0.2, 0.25) is 0 Å². The van der Waals surface area contributed by atoms with Gasteiger partial charge in [0.05, 0.1) is 39.6 Å². The quantitative estimate of drug-likeness (QED) is 0.187. The Balaban J connectivity index is 0.000000161. The molecule has 0 N–H and O–H groups in total. The summed E-state index contributed by atoms with van der Waals surface area (Å²) in [5, 5.41) is 0. The van der Waals surface area contributed by atoms with Crippen LogP contribution >= 0.6 is 0 Å². The van der Waals surface area contributed by atoms with E-state index in [-0.39, 0.29) is 41.9 Å². The number of rotatable bonds is 10. The molecule has 0 aromatic carbocycles. The summed E-state index contributed by atoms with van der Waals surface area (Å²) in [5.41, 5.74) is 2.59. The van der Waals surface area contributed by atoms with Gasteiger partial charge in [-0.2, -0.15) is 0 Å². The Morgan fingerprint density at radius 3 is 0.677 bits per heavy atom. The van der Waals surface area contributed by atoms with Crippen LogP contribution in [0.5, 0.6) is 0 Å². The highest BCUT2D eigenvalue weighted by Crippen LogP contribution is 2.54. The highest BCUT2D eigenvalue weighted by Gasteiger charge is 2.55. The molecule has 21 heteroatoms. The molecule has 15 unspecified atom stereocenters. The van der Waals surface area contributed by atoms with Gasteiger partial charge in [-0.25, -0.2) is 28.8 Å². The van der Waals surface area contributed by atoms with Crippen molar-refractivity contribution in [2.24, 2.45) is 114 Å². The number of hydrogen-bond acceptors (Lipinski definition) is 13. The molecule has 766 valence electrons.